The maximum atomic E-state index is 5.60. The molecule has 0 radical (unpaired) electrons. The average molecular weight is 358 g/mol. The van der Waals surface area contributed by atoms with Crippen molar-refractivity contribution in [3.05, 3.63) is 12.4 Å². The fourth-order valence-corrected chi connectivity index (χ4v) is 2.93. The van der Waals surface area contributed by atoms with Gasteiger partial charge in [0.25, 0.3) is 0 Å². The number of hydrogen-bond donors (Lipinski definition) is 1. The van der Waals surface area contributed by atoms with Gasteiger partial charge in [-0.2, -0.15) is 15.0 Å². The lowest BCUT2D eigenvalue weighted by Crippen LogP contribution is -2.38. The first kappa shape index (κ1) is 16.9. The molecule has 2 aliphatic rings. The maximum absolute atomic E-state index is 5.60. The number of morpholine rings is 1. The number of anilines is 3. The summed E-state index contributed by atoms with van der Waals surface area (Å²) in [5, 5.41) is 0. The monoisotopic (exact) mass is 358 g/mol. The van der Waals surface area contributed by atoms with Crippen LogP contribution in [0.1, 0.15) is 6.42 Å². The van der Waals surface area contributed by atoms with Crippen molar-refractivity contribution in [2.45, 2.75) is 6.42 Å². The Labute approximate surface area is 151 Å². The second-order valence-electron chi connectivity index (χ2n) is 6.14. The van der Waals surface area contributed by atoms with Crippen LogP contribution in [0.25, 0.3) is 11.4 Å². The van der Waals surface area contributed by atoms with Gasteiger partial charge >= 0.3 is 0 Å². The number of nitrogens with zero attached hydrogens (tertiary/aromatic N) is 7. The first-order valence-electron chi connectivity index (χ1n) is 8.79. The third kappa shape index (κ3) is 3.81. The van der Waals surface area contributed by atoms with Gasteiger partial charge in [-0.05, 0) is 6.42 Å². The average Bonchev–Trinajstić information content (AvgIpc) is 2.98. The van der Waals surface area contributed by atoms with E-state index >= 15 is 0 Å². The molecule has 0 atom stereocenters. The standard InChI is InChI=1S/C16H22N8O2/c17-14-18-10-12(11-19-14)13-20-15(23-2-1-6-25-7-3-23)22-16(21-13)24-4-8-26-9-5-24/h10-11H,1-9H2,(H2,17,18,19). The number of nitrogen functional groups attached to an aromatic ring is 1. The molecule has 2 aromatic rings. The Kier molecular flexibility index (Phi) is 5.02. The van der Waals surface area contributed by atoms with Crippen molar-refractivity contribution in [2.24, 2.45) is 0 Å². The Balaban J connectivity index is 1.71. The summed E-state index contributed by atoms with van der Waals surface area (Å²) in [6, 6.07) is 0. The second-order valence-corrected chi connectivity index (χ2v) is 6.14. The molecular weight excluding hydrogens is 336 g/mol. The van der Waals surface area contributed by atoms with E-state index in [2.05, 4.69) is 29.7 Å². The van der Waals surface area contributed by atoms with Crippen LogP contribution in [0, 0.1) is 0 Å². The van der Waals surface area contributed by atoms with Gasteiger partial charge in [-0.25, -0.2) is 9.97 Å². The lowest BCUT2D eigenvalue weighted by molar-refractivity contribution is 0.122. The summed E-state index contributed by atoms with van der Waals surface area (Å²) >= 11 is 0. The largest absolute Gasteiger partial charge is 0.380 e. The summed E-state index contributed by atoms with van der Waals surface area (Å²) in [4.78, 5) is 26.4. The highest BCUT2D eigenvalue weighted by molar-refractivity contribution is 5.57. The van der Waals surface area contributed by atoms with Crippen LogP contribution in [0.2, 0.25) is 0 Å². The predicted molar refractivity (Wildman–Crippen MR) is 95.9 cm³/mol. The van der Waals surface area contributed by atoms with Gasteiger partial charge in [0, 0.05) is 45.2 Å². The first-order chi connectivity index (χ1) is 12.8. The van der Waals surface area contributed by atoms with Gasteiger partial charge in [-0.3, -0.25) is 0 Å². The summed E-state index contributed by atoms with van der Waals surface area (Å²) in [7, 11) is 0. The van der Waals surface area contributed by atoms with Crippen LogP contribution in [0.3, 0.4) is 0 Å². The molecule has 138 valence electrons. The van der Waals surface area contributed by atoms with Gasteiger partial charge < -0.3 is 25.0 Å². The molecule has 4 rings (SSSR count). The molecule has 2 aromatic heterocycles. The van der Waals surface area contributed by atoms with E-state index in [1.165, 1.54) is 0 Å². The van der Waals surface area contributed by atoms with Crippen LogP contribution in [0.15, 0.2) is 12.4 Å². The Morgan fingerprint density at radius 1 is 0.769 bits per heavy atom. The minimum absolute atomic E-state index is 0.223. The van der Waals surface area contributed by atoms with Gasteiger partial charge in [0.15, 0.2) is 5.82 Å². The summed E-state index contributed by atoms with van der Waals surface area (Å²) in [5.74, 6) is 2.07. The number of ether oxygens (including phenoxy) is 2. The van der Waals surface area contributed by atoms with E-state index in [1.807, 2.05) is 0 Å². The van der Waals surface area contributed by atoms with Gasteiger partial charge in [0.2, 0.25) is 17.8 Å². The fraction of sp³-hybridized carbons (Fsp3) is 0.562. The molecule has 0 unspecified atom stereocenters. The van der Waals surface area contributed by atoms with Crippen LogP contribution in [0.5, 0.6) is 0 Å². The third-order valence-corrected chi connectivity index (χ3v) is 4.34. The van der Waals surface area contributed by atoms with Crippen LogP contribution < -0.4 is 15.5 Å². The van der Waals surface area contributed by atoms with E-state index in [4.69, 9.17) is 20.2 Å². The molecule has 10 nitrogen and oxygen atoms in total. The molecule has 0 bridgehead atoms. The minimum atomic E-state index is 0.223. The zero-order valence-electron chi connectivity index (χ0n) is 14.5. The highest BCUT2D eigenvalue weighted by Gasteiger charge is 2.20. The fourth-order valence-electron chi connectivity index (χ4n) is 2.93. The Morgan fingerprint density at radius 2 is 1.35 bits per heavy atom. The topological polar surface area (TPSA) is 115 Å². The zero-order chi connectivity index (χ0) is 17.8. The molecule has 0 aromatic carbocycles. The van der Waals surface area contributed by atoms with E-state index in [1.54, 1.807) is 12.4 Å². The van der Waals surface area contributed by atoms with E-state index in [0.717, 1.165) is 39.2 Å². The third-order valence-electron chi connectivity index (χ3n) is 4.34. The molecule has 2 fully saturated rings. The minimum Gasteiger partial charge on any atom is -0.380 e. The highest BCUT2D eigenvalue weighted by Crippen LogP contribution is 2.22. The molecule has 10 heteroatoms. The second kappa shape index (κ2) is 7.75. The number of hydrogen-bond acceptors (Lipinski definition) is 10. The quantitative estimate of drug-likeness (QED) is 0.802. The summed E-state index contributed by atoms with van der Waals surface area (Å²) in [5.41, 5.74) is 6.31. The molecule has 2 N–H and O–H groups in total. The number of aromatic nitrogens is 5. The Hall–Kier alpha value is -2.59. The van der Waals surface area contributed by atoms with E-state index in [9.17, 15) is 0 Å². The molecule has 0 amide bonds. The maximum Gasteiger partial charge on any atom is 0.230 e. The predicted octanol–water partition coefficient (Wildman–Crippen LogP) is -0.0259. The molecule has 2 saturated heterocycles. The SMILES string of the molecule is Nc1ncc(-c2nc(N3CCCOCC3)nc(N3CCOCC3)n2)cn1. The molecule has 4 heterocycles. The van der Waals surface area contributed by atoms with Crippen LogP contribution in [0.4, 0.5) is 17.8 Å². The zero-order valence-corrected chi connectivity index (χ0v) is 14.5. The lowest BCUT2D eigenvalue weighted by atomic mass is 10.3. The van der Waals surface area contributed by atoms with E-state index in [-0.39, 0.29) is 5.95 Å². The normalized spacial score (nSPS) is 18.6. The highest BCUT2D eigenvalue weighted by atomic mass is 16.5. The van der Waals surface area contributed by atoms with Crippen molar-refractivity contribution >= 4 is 17.8 Å². The smallest absolute Gasteiger partial charge is 0.230 e. The molecule has 26 heavy (non-hydrogen) atoms. The molecule has 2 aliphatic heterocycles. The number of rotatable bonds is 3. The molecule has 0 spiro atoms. The van der Waals surface area contributed by atoms with E-state index in [0.29, 0.717) is 43.1 Å². The Bertz CT molecular complexity index is 728. The van der Waals surface area contributed by atoms with E-state index < -0.39 is 0 Å². The molecule has 0 aliphatic carbocycles. The van der Waals surface area contributed by atoms with Crippen LogP contribution >= 0.6 is 0 Å². The van der Waals surface area contributed by atoms with Gasteiger partial charge in [-0.1, -0.05) is 0 Å². The molecular formula is C16H22N8O2. The van der Waals surface area contributed by atoms with Crippen molar-refractivity contribution in [2.75, 3.05) is 68.1 Å². The number of nitrogens with two attached hydrogens (primary N) is 1. The van der Waals surface area contributed by atoms with Crippen molar-refractivity contribution in [3.8, 4) is 11.4 Å². The van der Waals surface area contributed by atoms with Crippen LogP contribution in [-0.4, -0.2) is 77.5 Å². The van der Waals surface area contributed by atoms with Crippen LogP contribution in [-0.2, 0) is 9.47 Å². The van der Waals surface area contributed by atoms with Gasteiger partial charge in [-0.15, -0.1) is 0 Å². The first-order valence-corrected chi connectivity index (χ1v) is 8.79. The van der Waals surface area contributed by atoms with Crippen molar-refractivity contribution in [3.63, 3.8) is 0 Å². The van der Waals surface area contributed by atoms with Crippen molar-refractivity contribution < 1.29 is 9.47 Å². The summed E-state index contributed by atoms with van der Waals surface area (Å²) in [6.45, 7) is 5.87. The summed E-state index contributed by atoms with van der Waals surface area (Å²) < 4.78 is 11.0. The van der Waals surface area contributed by atoms with Crippen molar-refractivity contribution in [1.82, 2.24) is 24.9 Å². The Morgan fingerprint density at radius 3 is 2.00 bits per heavy atom. The lowest BCUT2D eigenvalue weighted by Gasteiger charge is -2.28. The molecule has 0 saturated carbocycles. The van der Waals surface area contributed by atoms with Gasteiger partial charge in [0.05, 0.1) is 25.4 Å². The summed E-state index contributed by atoms with van der Waals surface area (Å²) in [6.07, 6.45) is 4.21. The van der Waals surface area contributed by atoms with Crippen molar-refractivity contribution in [1.29, 1.82) is 0 Å². The van der Waals surface area contributed by atoms with Gasteiger partial charge in [0.1, 0.15) is 0 Å².